The third-order valence-corrected chi connectivity index (χ3v) is 4.68. The molecule has 0 unspecified atom stereocenters. The van der Waals surface area contributed by atoms with Gasteiger partial charge in [0.2, 0.25) is 0 Å². The van der Waals surface area contributed by atoms with Gasteiger partial charge in [0.25, 0.3) is 11.8 Å². The predicted octanol–water partition coefficient (Wildman–Crippen LogP) is 1.96. The molecule has 1 aromatic heterocycles. The maximum atomic E-state index is 12.6. The van der Waals surface area contributed by atoms with Crippen molar-refractivity contribution < 1.29 is 19.1 Å². The number of primary amides is 1. The van der Waals surface area contributed by atoms with Gasteiger partial charge in [0.15, 0.2) is 11.4 Å². The van der Waals surface area contributed by atoms with Gasteiger partial charge in [-0.05, 0) is 37.0 Å². The topological polar surface area (TPSA) is 96.8 Å². The van der Waals surface area contributed by atoms with E-state index < -0.39 is 11.5 Å². The van der Waals surface area contributed by atoms with Gasteiger partial charge in [0.1, 0.15) is 5.76 Å². The number of hydrogen-bond acceptors (Lipinski definition) is 4. The summed E-state index contributed by atoms with van der Waals surface area (Å²) in [5.41, 5.74) is 5.71. The van der Waals surface area contributed by atoms with Crippen LogP contribution in [0.1, 0.15) is 35.9 Å². The number of carbonyl (C=O) groups is 2. The van der Waals surface area contributed by atoms with Crippen LogP contribution in [0.2, 0.25) is 0 Å². The van der Waals surface area contributed by atoms with Crippen LogP contribution in [0.25, 0.3) is 11.3 Å². The van der Waals surface area contributed by atoms with E-state index in [0.717, 1.165) is 12.0 Å². The number of hydrogen-bond donors (Lipinski definition) is 2. The molecule has 1 fully saturated rings. The lowest BCUT2D eigenvalue weighted by Gasteiger charge is -2.36. The summed E-state index contributed by atoms with van der Waals surface area (Å²) in [5, 5.41) is 10.2. The second-order valence-corrected chi connectivity index (χ2v) is 6.44. The van der Waals surface area contributed by atoms with Gasteiger partial charge in [-0.25, -0.2) is 0 Å². The highest BCUT2D eigenvalue weighted by Gasteiger charge is 2.40. The molecule has 0 spiro atoms. The minimum absolute atomic E-state index is 0.109. The van der Waals surface area contributed by atoms with Crippen LogP contribution in [0.3, 0.4) is 0 Å². The van der Waals surface area contributed by atoms with E-state index in [-0.39, 0.29) is 24.6 Å². The van der Waals surface area contributed by atoms with Gasteiger partial charge in [-0.3, -0.25) is 9.59 Å². The molecule has 0 saturated carbocycles. The molecular formula is C19H22N2O4. The van der Waals surface area contributed by atoms with Gasteiger partial charge in [0, 0.05) is 12.1 Å². The molecule has 1 saturated heterocycles. The van der Waals surface area contributed by atoms with Crippen molar-refractivity contribution in [2.45, 2.75) is 31.8 Å². The van der Waals surface area contributed by atoms with Crippen LogP contribution < -0.4 is 5.73 Å². The summed E-state index contributed by atoms with van der Waals surface area (Å²) in [6.45, 7) is 2.43. The first-order valence-electron chi connectivity index (χ1n) is 8.43. The Morgan fingerprint density at radius 3 is 2.60 bits per heavy atom. The Kier molecular flexibility index (Phi) is 4.63. The molecule has 2 aromatic rings. The molecule has 0 aliphatic carbocycles. The number of nitrogens with zero attached hydrogens (tertiary/aromatic N) is 1. The SMILES string of the molecule is CCc1ccc(-c2ccc(C(=O)N3CCC[C@@](O)(C(N)=O)C3)o2)cc1. The summed E-state index contributed by atoms with van der Waals surface area (Å²) in [6.07, 6.45) is 1.73. The Labute approximate surface area is 146 Å². The molecule has 0 radical (unpaired) electrons. The molecule has 0 bridgehead atoms. The van der Waals surface area contributed by atoms with Crippen LogP contribution in [0.15, 0.2) is 40.8 Å². The average Bonchev–Trinajstić information content (AvgIpc) is 3.11. The quantitative estimate of drug-likeness (QED) is 0.887. The maximum absolute atomic E-state index is 12.6. The minimum Gasteiger partial charge on any atom is -0.451 e. The number of carbonyl (C=O) groups excluding carboxylic acids is 2. The van der Waals surface area contributed by atoms with Gasteiger partial charge in [-0.1, -0.05) is 31.2 Å². The van der Waals surface area contributed by atoms with Crippen LogP contribution >= 0.6 is 0 Å². The van der Waals surface area contributed by atoms with Crippen molar-refractivity contribution in [3.63, 3.8) is 0 Å². The summed E-state index contributed by atoms with van der Waals surface area (Å²) in [7, 11) is 0. The highest BCUT2D eigenvalue weighted by Crippen LogP contribution is 2.26. The highest BCUT2D eigenvalue weighted by atomic mass is 16.4. The van der Waals surface area contributed by atoms with Crippen molar-refractivity contribution in [2.75, 3.05) is 13.1 Å². The van der Waals surface area contributed by atoms with Crippen molar-refractivity contribution in [3.05, 3.63) is 47.7 Å². The first-order valence-corrected chi connectivity index (χ1v) is 8.43. The molecule has 1 aliphatic rings. The standard InChI is InChI=1S/C19H22N2O4/c1-2-13-4-6-14(7-5-13)15-8-9-16(25-15)17(22)21-11-3-10-19(24,12-21)18(20)23/h4-9,24H,2-3,10-12H2,1H3,(H2,20,23)/t19-/m0/s1. The Hall–Kier alpha value is -2.60. The number of amides is 2. The van der Waals surface area contributed by atoms with Crippen molar-refractivity contribution in [1.29, 1.82) is 0 Å². The second-order valence-electron chi connectivity index (χ2n) is 6.44. The lowest BCUT2D eigenvalue weighted by Crippen LogP contribution is -2.57. The summed E-state index contributed by atoms with van der Waals surface area (Å²) in [4.78, 5) is 25.5. The number of nitrogens with two attached hydrogens (primary N) is 1. The molecule has 1 aliphatic heterocycles. The molecule has 6 heteroatoms. The number of rotatable bonds is 4. The van der Waals surface area contributed by atoms with Crippen LogP contribution in [0.5, 0.6) is 0 Å². The van der Waals surface area contributed by atoms with E-state index in [4.69, 9.17) is 10.2 Å². The Morgan fingerprint density at radius 2 is 1.96 bits per heavy atom. The Balaban J connectivity index is 1.77. The fourth-order valence-electron chi connectivity index (χ4n) is 3.08. The summed E-state index contributed by atoms with van der Waals surface area (Å²) in [5.74, 6) is -0.367. The number of aliphatic hydroxyl groups is 1. The van der Waals surface area contributed by atoms with Crippen LogP contribution in [-0.2, 0) is 11.2 Å². The number of furan rings is 1. The summed E-state index contributed by atoms with van der Waals surface area (Å²) in [6, 6.07) is 11.3. The smallest absolute Gasteiger partial charge is 0.289 e. The largest absolute Gasteiger partial charge is 0.451 e. The van der Waals surface area contributed by atoms with Gasteiger partial charge >= 0.3 is 0 Å². The number of benzene rings is 1. The molecule has 1 atom stereocenters. The molecular weight excluding hydrogens is 320 g/mol. The maximum Gasteiger partial charge on any atom is 0.289 e. The molecule has 3 rings (SSSR count). The molecule has 132 valence electrons. The van der Waals surface area contributed by atoms with E-state index in [0.29, 0.717) is 18.7 Å². The van der Waals surface area contributed by atoms with Gasteiger partial charge in [-0.2, -0.15) is 0 Å². The zero-order valence-corrected chi connectivity index (χ0v) is 14.2. The zero-order valence-electron chi connectivity index (χ0n) is 14.2. The van der Waals surface area contributed by atoms with Crippen molar-refractivity contribution in [2.24, 2.45) is 5.73 Å². The highest BCUT2D eigenvalue weighted by molar-refractivity contribution is 5.93. The van der Waals surface area contributed by atoms with Gasteiger partial charge < -0.3 is 20.2 Å². The van der Waals surface area contributed by atoms with E-state index in [9.17, 15) is 14.7 Å². The van der Waals surface area contributed by atoms with E-state index in [1.54, 1.807) is 12.1 Å². The monoisotopic (exact) mass is 342 g/mol. The summed E-state index contributed by atoms with van der Waals surface area (Å²) < 4.78 is 5.70. The van der Waals surface area contributed by atoms with Crippen LogP contribution in [0.4, 0.5) is 0 Å². The van der Waals surface area contributed by atoms with Crippen molar-refractivity contribution in [3.8, 4) is 11.3 Å². The third kappa shape index (κ3) is 3.44. The normalized spacial score (nSPS) is 20.5. The van der Waals surface area contributed by atoms with Crippen molar-refractivity contribution >= 4 is 11.8 Å². The Bertz CT molecular complexity index is 781. The van der Waals surface area contributed by atoms with Gasteiger partial charge in [0.05, 0.1) is 6.54 Å². The number of β-amino-alcohol motifs (C(OH)–C–C–N with tert-alkyl or cyclic N) is 1. The van der Waals surface area contributed by atoms with E-state index >= 15 is 0 Å². The second kappa shape index (κ2) is 6.72. The number of aryl methyl sites for hydroxylation is 1. The molecule has 3 N–H and O–H groups in total. The first-order chi connectivity index (χ1) is 11.9. The molecule has 2 amide bonds. The predicted molar refractivity (Wildman–Crippen MR) is 92.8 cm³/mol. The zero-order chi connectivity index (χ0) is 18.0. The van der Waals surface area contributed by atoms with Crippen molar-refractivity contribution in [1.82, 2.24) is 4.90 Å². The van der Waals surface area contributed by atoms with Crippen LogP contribution in [0, 0.1) is 0 Å². The third-order valence-electron chi connectivity index (χ3n) is 4.68. The lowest BCUT2D eigenvalue weighted by molar-refractivity contribution is -0.140. The van der Waals surface area contributed by atoms with Crippen LogP contribution in [-0.4, -0.2) is 40.5 Å². The average molecular weight is 342 g/mol. The fraction of sp³-hybridized carbons (Fsp3) is 0.368. The molecule has 1 aromatic carbocycles. The first kappa shape index (κ1) is 17.2. The number of likely N-dealkylation sites (tertiary alicyclic amines) is 1. The van der Waals surface area contributed by atoms with Gasteiger partial charge in [-0.15, -0.1) is 0 Å². The Morgan fingerprint density at radius 1 is 1.24 bits per heavy atom. The van der Waals surface area contributed by atoms with E-state index in [2.05, 4.69) is 6.92 Å². The summed E-state index contributed by atoms with van der Waals surface area (Å²) >= 11 is 0. The lowest BCUT2D eigenvalue weighted by atomic mass is 9.92. The van der Waals surface area contributed by atoms with E-state index in [1.807, 2.05) is 24.3 Å². The number of piperidine rings is 1. The van der Waals surface area contributed by atoms with E-state index in [1.165, 1.54) is 10.5 Å². The molecule has 6 nitrogen and oxygen atoms in total. The fourth-order valence-corrected chi connectivity index (χ4v) is 3.08. The molecule has 2 heterocycles. The minimum atomic E-state index is -1.67. The molecule has 25 heavy (non-hydrogen) atoms.